The highest BCUT2D eigenvalue weighted by Gasteiger charge is 2.22. The van der Waals surface area contributed by atoms with E-state index >= 15 is 0 Å². The van der Waals surface area contributed by atoms with Crippen LogP contribution in [0, 0.1) is 41.4 Å². The van der Waals surface area contributed by atoms with Gasteiger partial charge in [-0.1, -0.05) is 73.2 Å². The molecule has 0 N–H and O–H groups in total. The maximum Gasteiger partial charge on any atom is 0.222 e. The monoisotopic (exact) mass is 473 g/mol. The van der Waals surface area contributed by atoms with Crippen LogP contribution in [0.2, 0.25) is 0 Å². The third kappa shape index (κ3) is 14.3. The molecule has 0 aliphatic carbocycles. The number of piperazine rings is 1. The molecule has 0 spiro atoms. The minimum absolute atomic E-state index is 0.271. The van der Waals surface area contributed by atoms with Crippen molar-refractivity contribution in [2.75, 3.05) is 45.8 Å². The van der Waals surface area contributed by atoms with E-state index in [9.17, 15) is 9.59 Å². The van der Waals surface area contributed by atoms with E-state index in [4.69, 9.17) is 0 Å². The second-order valence-electron chi connectivity index (χ2n) is 9.41. The molecule has 2 amide bonds. The average molecular weight is 474 g/mol. The predicted molar refractivity (Wildman–Crippen MR) is 144 cm³/mol. The van der Waals surface area contributed by atoms with Crippen LogP contribution < -0.4 is 0 Å². The van der Waals surface area contributed by atoms with Crippen LogP contribution in [0.4, 0.5) is 0 Å². The Morgan fingerprint density at radius 2 is 1.38 bits per heavy atom. The van der Waals surface area contributed by atoms with Crippen LogP contribution in [0.1, 0.15) is 87.5 Å². The molecule has 2 heterocycles. The molecule has 34 heavy (non-hydrogen) atoms. The molecule has 2 rings (SSSR count). The van der Waals surface area contributed by atoms with Crippen molar-refractivity contribution in [2.24, 2.45) is 17.8 Å². The number of amides is 2. The van der Waals surface area contributed by atoms with Crippen molar-refractivity contribution in [3.63, 3.8) is 0 Å². The summed E-state index contributed by atoms with van der Waals surface area (Å²) in [6.07, 6.45) is 4.35. The molecule has 0 unspecified atom stereocenters. The molecule has 0 radical (unpaired) electrons. The summed E-state index contributed by atoms with van der Waals surface area (Å²) in [6.45, 7) is 22.7. The summed E-state index contributed by atoms with van der Waals surface area (Å²) in [6, 6.07) is 0. The summed E-state index contributed by atoms with van der Waals surface area (Å²) in [7, 11) is 0. The largest absolute Gasteiger partial charge is 0.343 e. The lowest BCUT2D eigenvalue weighted by Crippen LogP contribution is -2.48. The number of likely N-dealkylation sites (tertiary alicyclic amines) is 1. The van der Waals surface area contributed by atoms with Gasteiger partial charge in [0.2, 0.25) is 11.8 Å². The van der Waals surface area contributed by atoms with Crippen molar-refractivity contribution in [1.82, 2.24) is 14.7 Å². The standard InChI is InChI=1S/C14H23NO.C13H22N2O.C2H6/c1-4-5-6-13-7-9-15(10-8-13)14(16)11-12(2)3;1-4-13(16)15-10-8-14(9-11-15)7-5-6-12(2)3;1-2/h12-13H,4,7-11H2,1-3H3;12H,4,7-11H2,1-3H3;1-2H3. The summed E-state index contributed by atoms with van der Waals surface area (Å²) in [4.78, 5) is 29.5. The lowest BCUT2D eigenvalue weighted by atomic mass is 9.96. The van der Waals surface area contributed by atoms with E-state index in [0.717, 1.165) is 65.1 Å². The van der Waals surface area contributed by atoms with Crippen LogP contribution in [0.3, 0.4) is 0 Å². The van der Waals surface area contributed by atoms with Crippen molar-refractivity contribution in [1.29, 1.82) is 0 Å². The fourth-order valence-electron chi connectivity index (χ4n) is 3.74. The number of piperidine rings is 1. The molecule has 194 valence electrons. The minimum Gasteiger partial charge on any atom is -0.343 e. The Labute approximate surface area is 211 Å². The van der Waals surface area contributed by atoms with Gasteiger partial charge in [-0.25, -0.2) is 0 Å². The maximum atomic E-state index is 11.8. The SMILES string of the molecule is CC.CCC#CC1CCN(C(=O)CC(C)C)CC1.CCC(=O)N1CCN(CC#CC(C)C)CC1. The number of carbonyl (C=O) groups excluding carboxylic acids is 2. The quantitative estimate of drug-likeness (QED) is 0.545. The van der Waals surface area contributed by atoms with E-state index in [1.165, 1.54) is 0 Å². The number of carbonyl (C=O) groups is 2. The van der Waals surface area contributed by atoms with Crippen LogP contribution >= 0.6 is 0 Å². The minimum atomic E-state index is 0.271. The number of hydrogen-bond acceptors (Lipinski definition) is 3. The van der Waals surface area contributed by atoms with Gasteiger partial charge >= 0.3 is 0 Å². The van der Waals surface area contributed by atoms with Gasteiger partial charge in [-0.15, -0.1) is 5.92 Å². The fraction of sp³-hybridized carbons (Fsp3) is 0.793. The first-order valence-electron chi connectivity index (χ1n) is 13.5. The van der Waals surface area contributed by atoms with Gasteiger partial charge in [-0.3, -0.25) is 14.5 Å². The maximum absolute atomic E-state index is 11.8. The topological polar surface area (TPSA) is 43.9 Å². The van der Waals surface area contributed by atoms with E-state index in [1.54, 1.807) is 0 Å². The van der Waals surface area contributed by atoms with E-state index in [-0.39, 0.29) is 5.91 Å². The first kappa shape index (κ1) is 32.0. The molecule has 0 aromatic heterocycles. The molecule has 2 aliphatic rings. The van der Waals surface area contributed by atoms with E-state index < -0.39 is 0 Å². The Bertz CT molecular complexity index is 678. The van der Waals surface area contributed by atoms with Gasteiger partial charge in [0.05, 0.1) is 6.54 Å². The van der Waals surface area contributed by atoms with E-state index in [0.29, 0.717) is 36.5 Å². The highest BCUT2D eigenvalue weighted by atomic mass is 16.2. The van der Waals surface area contributed by atoms with Gasteiger partial charge in [0.25, 0.3) is 0 Å². The van der Waals surface area contributed by atoms with Gasteiger partial charge in [-0.05, 0) is 18.8 Å². The zero-order valence-corrected chi connectivity index (χ0v) is 23.4. The lowest BCUT2D eigenvalue weighted by Gasteiger charge is -2.33. The van der Waals surface area contributed by atoms with Gasteiger partial charge in [-0.2, -0.15) is 0 Å². The third-order valence-electron chi connectivity index (χ3n) is 5.63. The molecule has 5 nitrogen and oxygen atoms in total. The van der Waals surface area contributed by atoms with Crippen LogP contribution in [0.5, 0.6) is 0 Å². The van der Waals surface area contributed by atoms with Crippen LogP contribution in [-0.4, -0.2) is 72.3 Å². The highest BCUT2D eigenvalue weighted by molar-refractivity contribution is 5.76. The Morgan fingerprint density at radius 3 is 1.85 bits per heavy atom. The number of nitrogens with zero attached hydrogens (tertiary/aromatic N) is 3. The molecule has 2 fully saturated rings. The second kappa shape index (κ2) is 19.3. The molecule has 2 aliphatic heterocycles. The second-order valence-corrected chi connectivity index (χ2v) is 9.41. The van der Waals surface area contributed by atoms with E-state index in [1.807, 2.05) is 30.6 Å². The van der Waals surface area contributed by atoms with Crippen molar-refractivity contribution >= 4 is 11.8 Å². The smallest absolute Gasteiger partial charge is 0.222 e. The lowest BCUT2D eigenvalue weighted by molar-refractivity contribution is -0.133. The summed E-state index contributed by atoms with van der Waals surface area (Å²) < 4.78 is 0. The summed E-state index contributed by atoms with van der Waals surface area (Å²) in [5, 5.41) is 0. The first-order valence-corrected chi connectivity index (χ1v) is 13.5. The molecule has 0 aromatic carbocycles. The van der Waals surface area contributed by atoms with Gasteiger partial charge < -0.3 is 9.80 Å². The normalized spacial score (nSPS) is 16.3. The summed E-state index contributed by atoms with van der Waals surface area (Å²) >= 11 is 0. The number of rotatable bonds is 4. The summed E-state index contributed by atoms with van der Waals surface area (Å²) in [5.41, 5.74) is 0. The van der Waals surface area contributed by atoms with Crippen molar-refractivity contribution in [3.05, 3.63) is 0 Å². The molecule has 0 aromatic rings. The third-order valence-corrected chi connectivity index (χ3v) is 5.63. The first-order chi connectivity index (χ1) is 16.3. The van der Waals surface area contributed by atoms with Crippen molar-refractivity contribution in [3.8, 4) is 23.7 Å². The molecule has 5 heteroatoms. The zero-order valence-electron chi connectivity index (χ0n) is 23.4. The average Bonchev–Trinajstić information content (AvgIpc) is 2.84. The predicted octanol–water partition coefficient (Wildman–Crippen LogP) is 4.91. The Kier molecular flexibility index (Phi) is 18.2. The van der Waals surface area contributed by atoms with Gasteiger partial charge in [0.1, 0.15) is 0 Å². The molecule has 2 saturated heterocycles. The Hall–Kier alpha value is -1.98. The van der Waals surface area contributed by atoms with Crippen LogP contribution in [0.15, 0.2) is 0 Å². The van der Waals surface area contributed by atoms with Gasteiger partial charge in [0.15, 0.2) is 0 Å². The van der Waals surface area contributed by atoms with Crippen molar-refractivity contribution < 1.29 is 9.59 Å². The van der Waals surface area contributed by atoms with Crippen LogP contribution in [-0.2, 0) is 9.59 Å². The molecule has 0 atom stereocenters. The fourth-order valence-corrected chi connectivity index (χ4v) is 3.74. The van der Waals surface area contributed by atoms with Gasteiger partial charge in [0, 0.05) is 70.4 Å². The van der Waals surface area contributed by atoms with Crippen LogP contribution in [0.25, 0.3) is 0 Å². The number of hydrogen-bond donors (Lipinski definition) is 0. The molecular formula is C29H51N3O2. The Balaban J connectivity index is 0.000000597. The van der Waals surface area contributed by atoms with Crippen molar-refractivity contribution in [2.45, 2.75) is 87.5 Å². The molecule has 0 bridgehead atoms. The molecule has 0 saturated carbocycles. The Morgan fingerprint density at radius 1 is 0.824 bits per heavy atom. The highest BCUT2D eigenvalue weighted by Crippen LogP contribution is 2.18. The summed E-state index contributed by atoms with van der Waals surface area (Å²) in [5.74, 6) is 14.8. The van der Waals surface area contributed by atoms with E-state index in [2.05, 4.69) is 63.2 Å². The molecular weight excluding hydrogens is 422 g/mol. The zero-order chi connectivity index (χ0) is 25.9.